The Labute approximate surface area is 358 Å². The van der Waals surface area contributed by atoms with Gasteiger partial charge in [-0.1, -0.05) is 188 Å². The molecule has 2 aromatic heterocycles. The fourth-order valence-electron chi connectivity index (χ4n) is 10.5. The molecule has 0 unspecified atom stereocenters. The summed E-state index contributed by atoms with van der Waals surface area (Å²) < 4.78 is 13.8. The second-order valence-electron chi connectivity index (χ2n) is 16.3. The largest absolute Gasteiger partial charge is 0.455 e. The maximum Gasteiger partial charge on any atom is 0.159 e. The number of anilines is 3. The van der Waals surface area contributed by atoms with Gasteiger partial charge in [0.25, 0.3) is 0 Å². The van der Waals surface area contributed by atoms with Crippen molar-refractivity contribution < 1.29 is 8.83 Å². The van der Waals surface area contributed by atoms with E-state index in [2.05, 4.69) is 223 Å². The number of benzene rings is 10. The molecule has 0 amide bonds. The van der Waals surface area contributed by atoms with Crippen molar-refractivity contribution in [1.29, 1.82) is 0 Å². The zero-order chi connectivity index (χ0) is 40.8. The third-order valence-electron chi connectivity index (χ3n) is 13.1. The molecule has 1 aliphatic carbocycles. The van der Waals surface area contributed by atoms with Crippen LogP contribution in [0.2, 0.25) is 0 Å². The van der Waals surface area contributed by atoms with Gasteiger partial charge in [0.15, 0.2) is 5.58 Å². The quantitative estimate of drug-likeness (QED) is 0.168. The van der Waals surface area contributed by atoms with Crippen molar-refractivity contribution in [3.05, 3.63) is 247 Å². The van der Waals surface area contributed by atoms with Crippen LogP contribution in [-0.2, 0) is 5.41 Å². The van der Waals surface area contributed by atoms with Crippen LogP contribution in [0.4, 0.5) is 17.1 Å². The minimum Gasteiger partial charge on any atom is -0.455 e. The summed E-state index contributed by atoms with van der Waals surface area (Å²) in [5.41, 5.74) is 15.5. The number of fused-ring (bicyclic) bond motifs is 11. The van der Waals surface area contributed by atoms with E-state index in [9.17, 15) is 0 Å². The second-order valence-corrected chi connectivity index (χ2v) is 16.3. The Bertz CT molecular complexity index is 3670. The van der Waals surface area contributed by atoms with Crippen molar-refractivity contribution in [2.45, 2.75) is 5.41 Å². The molecule has 12 aromatic rings. The molecule has 3 nitrogen and oxygen atoms in total. The molecule has 3 heteroatoms. The summed E-state index contributed by atoms with van der Waals surface area (Å²) in [7, 11) is 0. The first-order valence-electron chi connectivity index (χ1n) is 21.3. The van der Waals surface area contributed by atoms with E-state index < -0.39 is 5.41 Å². The maximum absolute atomic E-state index is 7.11. The standard InChI is InChI=1S/C59H37NO2/c1-3-18-39(19-4-1)59(40-20-5-2-6-21-40)51-29-12-9-23-43(51)50-37-41(34-36-52(50)59)60(54-31-16-28-48-49-35-33-38-17-7-8-22-42(38)56(49)62-58(48)54)53-30-13-10-24-44(53)46-26-15-27-47-45-25-11-14-32-55(45)61-57(46)47/h1-37H. The average Bonchev–Trinajstić information content (AvgIpc) is 4.02. The van der Waals surface area contributed by atoms with Gasteiger partial charge in [0.2, 0.25) is 0 Å². The van der Waals surface area contributed by atoms with Gasteiger partial charge in [-0.25, -0.2) is 0 Å². The molecule has 0 bridgehead atoms. The molecule has 10 aromatic carbocycles. The van der Waals surface area contributed by atoms with Crippen LogP contribution in [0.1, 0.15) is 22.3 Å². The van der Waals surface area contributed by atoms with Crippen LogP contribution in [0, 0.1) is 0 Å². The number of hydrogen-bond acceptors (Lipinski definition) is 3. The number of hydrogen-bond donors (Lipinski definition) is 0. The molecule has 2 heterocycles. The Morgan fingerprint density at radius 3 is 1.73 bits per heavy atom. The van der Waals surface area contributed by atoms with Crippen LogP contribution >= 0.6 is 0 Å². The summed E-state index contributed by atoms with van der Waals surface area (Å²) in [5.74, 6) is 0. The molecule has 0 radical (unpaired) electrons. The molecule has 13 rings (SSSR count). The molecule has 0 N–H and O–H groups in total. The summed E-state index contributed by atoms with van der Waals surface area (Å²) >= 11 is 0. The van der Waals surface area contributed by atoms with Crippen LogP contribution in [0.15, 0.2) is 233 Å². The summed E-state index contributed by atoms with van der Waals surface area (Å²) in [6.45, 7) is 0. The Morgan fingerprint density at radius 1 is 0.323 bits per heavy atom. The fraction of sp³-hybridized carbons (Fsp3) is 0.0169. The van der Waals surface area contributed by atoms with Crippen LogP contribution < -0.4 is 4.90 Å². The Hall–Kier alpha value is -8.14. The first kappa shape index (κ1) is 34.7. The first-order chi connectivity index (χ1) is 30.8. The third-order valence-corrected chi connectivity index (χ3v) is 13.1. The van der Waals surface area contributed by atoms with Gasteiger partial charge < -0.3 is 13.7 Å². The highest BCUT2D eigenvalue weighted by Gasteiger charge is 2.46. The zero-order valence-corrected chi connectivity index (χ0v) is 33.6. The van der Waals surface area contributed by atoms with E-state index in [4.69, 9.17) is 8.83 Å². The van der Waals surface area contributed by atoms with Gasteiger partial charge in [-0.2, -0.15) is 0 Å². The average molecular weight is 792 g/mol. The van der Waals surface area contributed by atoms with Crippen molar-refractivity contribution in [2.24, 2.45) is 0 Å². The Balaban J connectivity index is 1.11. The minimum atomic E-state index is -0.507. The topological polar surface area (TPSA) is 29.5 Å². The Morgan fingerprint density at radius 2 is 0.903 bits per heavy atom. The second kappa shape index (κ2) is 13.4. The molecule has 1 aliphatic rings. The lowest BCUT2D eigenvalue weighted by molar-refractivity contribution is 0.670. The summed E-state index contributed by atoms with van der Waals surface area (Å²) in [6, 6.07) is 80.9. The van der Waals surface area contributed by atoms with Crippen LogP contribution in [0.25, 0.3) is 76.9 Å². The zero-order valence-electron chi connectivity index (χ0n) is 33.6. The van der Waals surface area contributed by atoms with E-state index in [1.165, 1.54) is 33.4 Å². The van der Waals surface area contributed by atoms with Crippen LogP contribution in [0.3, 0.4) is 0 Å². The molecule has 0 saturated heterocycles. The van der Waals surface area contributed by atoms with Crippen molar-refractivity contribution >= 4 is 71.7 Å². The van der Waals surface area contributed by atoms with Gasteiger partial charge in [0, 0.05) is 43.7 Å². The predicted octanol–water partition coefficient (Wildman–Crippen LogP) is 16.1. The molecule has 0 atom stereocenters. The normalized spacial score (nSPS) is 13.0. The van der Waals surface area contributed by atoms with Crippen LogP contribution in [0.5, 0.6) is 0 Å². The smallest absolute Gasteiger partial charge is 0.159 e. The number of rotatable bonds is 6. The van der Waals surface area contributed by atoms with Gasteiger partial charge in [-0.3, -0.25) is 0 Å². The molecular formula is C59H37NO2. The van der Waals surface area contributed by atoms with Gasteiger partial charge in [-0.15, -0.1) is 0 Å². The molecule has 0 fully saturated rings. The van der Waals surface area contributed by atoms with Gasteiger partial charge in [0.1, 0.15) is 16.7 Å². The SMILES string of the molecule is c1ccc(C2(c3ccccc3)c3ccccc3-c3cc(N(c4ccccc4-c4cccc5c4oc4ccccc45)c4cccc5c4oc4c6ccccc6ccc54)ccc32)cc1. The molecule has 0 spiro atoms. The predicted molar refractivity (Wildman–Crippen MR) is 256 cm³/mol. The molecule has 290 valence electrons. The highest BCUT2D eigenvalue weighted by atomic mass is 16.3. The minimum absolute atomic E-state index is 0.507. The molecular weight excluding hydrogens is 755 g/mol. The van der Waals surface area contributed by atoms with Crippen molar-refractivity contribution in [1.82, 2.24) is 0 Å². The summed E-state index contributed by atoms with van der Waals surface area (Å²) in [4.78, 5) is 2.40. The fourth-order valence-corrected chi connectivity index (χ4v) is 10.5. The molecule has 0 aliphatic heterocycles. The van der Waals surface area contributed by atoms with E-state index in [1.54, 1.807) is 0 Å². The summed E-state index contributed by atoms with van der Waals surface area (Å²) in [5, 5.41) is 6.62. The van der Waals surface area contributed by atoms with Crippen molar-refractivity contribution in [2.75, 3.05) is 4.90 Å². The van der Waals surface area contributed by atoms with E-state index >= 15 is 0 Å². The molecule has 0 saturated carbocycles. The van der Waals surface area contributed by atoms with E-state index in [1.807, 2.05) is 6.07 Å². The van der Waals surface area contributed by atoms with Gasteiger partial charge in [0.05, 0.1) is 16.8 Å². The highest BCUT2D eigenvalue weighted by Crippen LogP contribution is 2.58. The van der Waals surface area contributed by atoms with Crippen molar-refractivity contribution in [3.63, 3.8) is 0 Å². The number of nitrogens with zero attached hydrogens (tertiary/aromatic N) is 1. The van der Waals surface area contributed by atoms with Crippen molar-refractivity contribution in [3.8, 4) is 22.3 Å². The third kappa shape index (κ3) is 4.88. The van der Waals surface area contributed by atoms with E-state index in [0.29, 0.717) is 0 Å². The lowest BCUT2D eigenvalue weighted by Crippen LogP contribution is -2.28. The lowest BCUT2D eigenvalue weighted by Gasteiger charge is -2.34. The van der Waals surface area contributed by atoms with E-state index in [0.717, 1.165) is 82.8 Å². The lowest BCUT2D eigenvalue weighted by atomic mass is 9.68. The number of furan rings is 2. The van der Waals surface area contributed by atoms with Gasteiger partial charge in [-0.05, 0) is 75.2 Å². The first-order valence-corrected chi connectivity index (χ1v) is 21.3. The Kier molecular flexibility index (Phi) is 7.52. The van der Waals surface area contributed by atoms with Crippen LogP contribution in [-0.4, -0.2) is 0 Å². The van der Waals surface area contributed by atoms with Gasteiger partial charge >= 0.3 is 0 Å². The van der Waals surface area contributed by atoms with E-state index in [-0.39, 0.29) is 0 Å². The molecule has 62 heavy (non-hydrogen) atoms. The summed E-state index contributed by atoms with van der Waals surface area (Å²) in [6.07, 6.45) is 0. The highest BCUT2D eigenvalue weighted by molar-refractivity contribution is 6.18. The maximum atomic E-state index is 7.11. The number of para-hydroxylation sites is 4. The monoisotopic (exact) mass is 791 g/mol.